The first-order chi connectivity index (χ1) is 15.6. The van der Waals surface area contributed by atoms with Crippen LogP contribution in [0.1, 0.15) is 41.4 Å². The van der Waals surface area contributed by atoms with Gasteiger partial charge in [0.25, 0.3) is 5.91 Å². The molecule has 33 heavy (non-hydrogen) atoms. The van der Waals surface area contributed by atoms with E-state index < -0.39 is 45.5 Å². The van der Waals surface area contributed by atoms with Gasteiger partial charge in [-0.05, 0) is 43.9 Å². The molecule has 1 aliphatic heterocycles. The van der Waals surface area contributed by atoms with Crippen molar-refractivity contribution in [2.45, 2.75) is 38.1 Å². The molecule has 1 amide bonds. The van der Waals surface area contributed by atoms with Gasteiger partial charge in [-0.3, -0.25) is 4.79 Å². The predicted molar refractivity (Wildman–Crippen MR) is 116 cm³/mol. The van der Waals surface area contributed by atoms with Crippen molar-refractivity contribution < 1.29 is 30.8 Å². The van der Waals surface area contributed by atoms with Gasteiger partial charge in [0.05, 0.1) is 4.90 Å². The molecule has 1 saturated heterocycles. The Labute approximate surface area is 189 Å². The normalized spacial score (nSPS) is 17.4. The Balaban J connectivity index is 1.59. The highest BCUT2D eigenvalue weighted by atomic mass is 32.2. The summed E-state index contributed by atoms with van der Waals surface area (Å²) in [4.78, 5) is 12.7. The Morgan fingerprint density at radius 1 is 1.18 bits per heavy atom. The number of rotatable bonds is 5. The van der Waals surface area contributed by atoms with Gasteiger partial charge in [0.2, 0.25) is 10.0 Å². The Morgan fingerprint density at radius 3 is 2.55 bits per heavy atom. The number of aryl methyl sites for hydroxylation is 1. The second kappa shape index (κ2) is 8.83. The average molecular weight is 481 g/mol. The van der Waals surface area contributed by atoms with Gasteiger partial charge in [0.1, 0.15) is 23.0 Å². The first-order valence-corrected chi connectivity index (χ1v) is 12.0. The van der Waals surface area contributed by atoms with E-state index >= 15 is 0 Å². The maximum atomic E-state index is 13.8. The Kier molecular flexibility index (Phi) is 6.24. The number of furan rings is 1. The molecule has 0 radical (unpaired) electrons. The molecule has 0 saturated carbocycles. The molecule has 2 heterocycles. The zero-order valence-corrected chi connectivity index (χ0v) is 18.9. The summed E-state index contributed by atoms with van der Waals surface area (Å²) in [5.74, 6) is -3.85. The highest BCUT2D eigenvalue weighted by molar-refractivity contribution is 7.89. The Bertz CT molecular complexity index is 1310. The number of sulfonamides is 1. The number of hydrogen-bond acceptors (Lipinski definition) is 4. The Hall–Kier alpha value is -2.85. The van der Waals surface area contributed by atoms with Crippen molar-refractivity contribution in [2.75, 3.05) is 13.1 Å². The quantitative estimate of drug-likeness (QED) is 0.583. The molecule has 1 aliphatic rings. The number of nitrogens with zero attached hydrogens (tertiary/aromatic N) is 1. The van der Waals surface area contributed by atoms with Gasteiger partial charge in [-0.2, -0.15) is 4.31 Å². The van der Waals surface area contributed by atoms with E-state index in [0.717, 1.165) is 12.8 Å². The topological polar surface area (TPSA) is 79.6 Å². The van der Waals surface area contributed by atoms with Crippen molar-refractivity contribution in [2.24, 2.45) is 5.92 Å². The highest BCUT2D eigenvalue weighted by Crippen LogP contribution is 2.30. The van der Waals surface area contributed by atoms with Gasteiger partial charge < -0.3 is 9.73 Å². The van der Waals surface area contributed by atoms with E-state index in [1.165, 1.54) is 22.5 Å². The van der Waals surface area contributed by atoms with Gasteiger partial charge in [0, 0.05) is 48.3 Å². The molecule has 3 aromatic rings. The van der Waals surface area contributed by atoms with Crippen LogP contribution in [0, 0.1) is 30.3 Å². The number of halogens is 3. The van der Waals surface area contributed by atoms with Crippen LogP contribution in [-0.2, 0) is 16.6 Å². The van der Waals surface area contributed by atoms with Gasteiger partial charge in [-0.15, -0.1) is 0 Å². The molecule has 0 spiro atoms. The van der Waals surface area contributed by atoms with Crippen LogP contribution in [0.3, 0.4) is 0 Å². The monoisotopic (exact) mass is 480 g/mol. The average Bonchev–Trinajstić information content (AvgIpc) is 3.09. The second-order valence-corrected chi connectivity index (χ2v) is 10.3. The lowest BCUT2D eigenvalue weighted by molar-refractivity contribution is 0.0923. The first-order valence-electron chi connectivity index (χ1n) is 10.5. The van der Waals surface area contributed by atoms with Gasteiger partial charge in [-0.1, -0.05) is 6.92 Å². The van der Waals surface area contributed by atoms with Crippen LogP contribution in [-0.4, -0.2) is 31.7 Å². The SMILES string of the molecule is Cc1c(C(=O)NCc2c(F)cc(F)cc2F)oc2ccc(S(=O)(=O)N3CCCC(C)C3)cc12. The summed E-state index contributed by atoms with van der Waals surface area (Å²) in [6.07, 6.45) is 1.78. The van der Waals surface area contributed by atoms with Crippen LogP contribution < -0.4 is 5.32 Å². The maximum Gasteiger partial charge on any atom is 0.287 e. The fraction of sp³-hybridized carbons (Fsp3) is 0.348. The summed E-state index contributed by atoms with van der Waals surface area (Å²) in [5.41, 5.74) is 0.219. The van der Waals surface area contributed by atoms with E-state index in [1.807, 2.05) is 6.92 Å². The maximum absolute atomic E-state index is 13.8. The van der Waals surface area contributed by atoms with Crippen LogP contribution in [0.15, 0.2) is 39.6 Å². The molecule has 1 N–H and O–H groups in total. The number of hydrogen-bond donors (Lipinski definition) is 1. The molecule has 1 atom stereocenters. The van der Waals surface area contributed by atoms with Crippen LogP contribution in [0.2, 0.25) is 0 Å². The van der Waals surface area contributed by atoms with Crippen LogP contribution in [0.4, 0.5) is 13.2 Å². The number of fused-ring (bicyclic) bond motifs is 1. The first kappa shape index (κ1) is 23.3. The summed E-state index contributed by atoms with van der Waals surface area (Å²) >= 11 is 0. The number of nitrogens with one attached hydrogen (secondary N) is 1. The van der Waals surface area contributed by atoms with E-state index in [9.17, 15) is 26.4 Å². The number of carbonyl (C=O) groups is 1. The van der Waals surface area contributed by atoms with E-state index in [1.54, 1.807) is 6.92 Å². The van der Waals surface area contributed by atoms with Crippen molar-refractivity contribution >= 4 is 26.9 Å². The number of amides is 1. The predicted octanol–water partition coefficient (Wildman–Crippen LogP) is 4.51. The number of piperidine rings is 1. The third-order valence-corrected chi connectivity index (χ3v) is 7.76. The lowest BCUT2D eigenvalue weighted by Crippen LogP contribution is -2.39. The van der Waals surface area contributed by atoms with Crippen LogP contribution in [0.5, 0.6) is 0 Å². The van der Waals surface area contributed by atoms with Gasteiger partial charge in [-0.25, -0.2) is 21.6 Å². The summed E-state index contributed by atoms with van der Waals surface area (Å²) < 4.78 is 74.0. The lowest BCUT2D eigenvalue weighted by Gasteiger charge is -2.30. The Morgan fingerprint density at radius 2 is 1.88 bits per heavy atom. The summed E-state index contributed by atoms with van der Waals surface area (Å²) in [6, 6.07) is 5.45. The summed E-state index contributed by atoms with van der Waals surface area (Å²) in [6.45, 7) is 4.01. The third-order valence-electron chi connectivity index (χ3n) is 5.90. The van der Waals surface area contributed by atoms with Crippen molar-refractivity contribution in [3.8, 4) is 0 Å². The van der Waals surface area contributed by atoms with Crippen LogP contribution >= 0.6 is 0 Å². The molecule has 176 valence electrons. The molecule has 2 aromatic carbocycles. The van der Waals surface area contributed by atoms with Gasteiger partial charge >= 0.3 is 0 Å². The third kappa shape index (κ3) is 4.49. The van der Waals surface area contributed by atoms with E-state index in [0.29, 0.717) is 41.8 Å². The van der Waals surface area contributed by atoms with E-state index in [4.69, 9.17) is 4.42 Å². The summed E-state index contributed by atoms with van der Waals surface area (Å²) in [5, 5.41) is 2.81. The zero-order valence-electron chi connectivity index (χ0n) is 18.1. The molecule has 1 aromatic heterocycles. The standard InChI is InChI=1S/C23H23F3N2O4S/c1-13-4-3-7-28(12-13)33(30,31)16-5-6-21-17(10-16)14(2)22(32-21)23(29)27-11-18-19(25)8-15(24)9-20(18)26/h5-6,8-10,13H,3-4,7,11-12H2,1-2H3,(H,27,29). The fourth-order valence-electron chi connectivity index (χ4n) is 4.08. The minimum Gasteiger partial charge on any atom is -0.451 e. The largest absolute Gasteiger partial charge is 0.451 e. The molecule has 10 heteroatoms. The van der Waals surface area contributed by atoms with E-state index in [2.05, 4.69) is 5.32 Å². The van der Waals surface area contributed by atoms with Crippen molar-refractivity contribution in [1.29, 1.82) is 0 Å². The van der Waals surface area contributed by atoms with E-state index in [-0.39, 0.29) is 16.6 Å². The fourth-order valence-corrected chi connectivity index (χ4v) is 5.71. The molecule has 0 bridgehead atoms. The molecule has 1 unspecified atom stereocenters. The van der Waals surface area contributed by atoms with Crippen LogP contribution in [0.25, 0.3) is 11.0 Å². The second-order valence-electron chi connectivity index (χ2n) is 8.36. The lowest BCUT2D eigenvalue weighted by atomic mass is 10.0. The molecule has 4 rings (SSSR count). The number of carbonyl (C=O) groups excluding carboxylic acids is 1. The van der Waals surface area contributed by atoms with Crippen molar-refractivity contribution in [3.05, 3.63) is 64.7 Å². The highest BCUT2D eigenvalue weighted by Gasteiger charge is 2.29. The summed E-state index contributed by atoms with van der Waals surface area (Å²) in [7, 11) is -3.70. The molecular formula is C23H23F3N2O4S. The zero-order chi connectivity index (χ0) is 23.9. The van der Waals surface area contributed by atoms with Crippen molar-refractivity contribution in [1.82, 2.24) is 9.62 Å². The number of benzene rings is 2. The smallest absolute Gasteiger partial charge is 0.287 e. The molecule has 6 nitrogen and oxygen atoms in total. The van der Waals surface area contributed by atoms with Gasteiger partial charge in [0.15, 0.2) is 5.76 Å². The molecular weight excluding hydrogens is 457 g/mol. The molecule has 1 fully saturated rings. The van der Waals surface area contributed by atoms with Crippen molar-refractivity contribution in [3.63, 3.8) is 0 Å². The minimum atomic E-state index is -3.70. The molecule has 0 aliphatic carbocycles. The minimum absolute atomic E-state index is 0.103.